The van der Waals surface area contributed by atoms with Crippen molar-refractivity contribution in [3.05, 3.63) is 35.7 Å². The van der Waals surface area contributed by atoms with Gasteiger partial charge in [-0.15, -0.1) is 5.10 Å². The first-order valence-electron chi connectivity index (χ1n) is 5.67. The van der Waals surface area contributed by atoms with Crippen LogP contribution >= 0.6 is 0 Å². The van der Waals surface area contributed by atoms with Crippen LogP contribution in [0.1, 0.15) is 18.3 Å². The molecule has 2 aromatic rings. The molecule has 1 heterocycles. The molecule has 0 amide bonds. The molecule has 0 radical (unpaired) electrons. The van der Waals surface area contributed by atoms with Crippen molar-refractivity contribution >= 4 is 0 Å². The second kappa shape index (κ2) is 5.77. The number of hydrogen-bond donors (Lipinski definition) is 0. The first-order valence-corrected chi connectivity index (χ1v) is 5.67. The molecule has 6 nitrogen and oxygen atoms in total. The van der Waals surface area contributed by atoms with E-state index in [0.29, 0.717) is 5.82 Å². The van der Waals surface area contributed by atoms with Crippen molar-refractivity contribution in [3.63, 3.8) is 0 Å². The number of benzene rings is 1. The molecule has 0 saturated heterocycles. The van der Waals surface area contributed by atoms with Crippen LogP contribution < -0.4 is 4.74 Å². The second-order valence-corrected chi connectivity index (χ2v) is 3.70. The molecule has 0 unspecified atom stereocenters. The minimum atomic E-state index is 0.125. The van der Waals surface area contributed by atoms with E-state index in [-0.39, 0.29) is 13.2 Å². The van der Waals surface area contributed by atoms with Gasteiger partial charge in [0.1, 0.15) is 18.9 Å². The molecule has 0 aliphatic heterocycles. The van der Waals surface area contributed by atoms with Gasteiger partial charge in [0.2, 0.25) is 0 Å². The maximum Gasteiger partial charge on any atom is 0.190 e. The Morgan fingerprint density at radius 1 is 1.33 bits per heavy atom. The lowest BCUT2D eigenvalue weighted by Gasteiger charge is -2.05. The fourth-order valence-electron chi connectivity index (χ4n) is 1.49. The van der Waals surface area contributed by atoms with Crippen molar-refractivity contribution in [1.82, 2.24) is 20.2 Å². The van der Waals surface area contributed by atoms with Gasteiger partial charge in [0.05, 0.1) is 6.07 Å². The summed E-state index contributed by atoms with van der Waals surface area (Å²) in [6.07, 6.45) is 1.00. The van der Waals surface area contributed by atoms with Crippen molar-refractivity contribution in [3.8, 4) is 11.8 Å². The minimum Gasteiger partial charge on any atom is -0.486 e. The van der Waals surface area contributed by atoms with Crippen molar-refractivity contribution in [2.75, 3.05) is 0 Å². The van der Waals surface area contributed by atoms with Crippen molar-refractivity contribution in [1.29, 1.82) is 5.26 Å². The Labute approximate surface area is 105 Å². The van der Waals surface area contributed by atoms with Crippen LogP contribution in [0.5, 0.6) is 5.75 Å². The van der Waals surface area contributed by atoms with Gasteiger partial charge in [0, 0.05) is 0 Å². The van der Waals surface area contributed by atoms with E-state index in [4.69, 9.17) is 10.00 Å². The van der Waals surface area contributed by atoms with Gasteiger partial charge in [-0.2, -0.15) is 5.26 Å². The number of ether oxygens (including phenoxy) is 1. The standard InChI is InChI=1S/C12H13N5O/c1-2-10-3-5-11(6-4-10)18-9-12-14-15-16-17(12)8-7-13/h3-6H,2,8-9H2,1H3. The molecule has 0 bridgehead atoms. The van der Waals surface area contributed by atoms with Crippen LogP contribution in [0.3, 0.4) is 0 Å². The Morgan fingerprint density at radius 3 is 2.78 bits per heavy atom. The Bertz CT molecular complexity index is 540. The molecule has 6 heteroatoms. The van der Waals surface area contributed by atoms with Crippen molar-refractivity contribution in [2.45, 2.75) is 26.5 Å². The van der Waals surface area contributed by atoms with Crippen LogP contribution in [0.4, 0.5) is 0 Å². The zero-order valence-electron chi connectivity index (χ0n) is 10.1. The average molecular weight is 243 g/mol. The number of tetrazole rings is 1. The maximum absolute atomic E-state index is 8.60. The summed E-state index contributed by atoms with van der Waals surface area (Å²) in [5.74, 6) is 1.30. The van der Waals surface area contributed by atoms with Gasteiger partial charge >= 0.3 is 0 Å². The van der Waals surface area contributed by atoms with Gasteiger partial charge < -0.3 is 4.74 Å². The highest BCUT2D eigenvalue weighted by molar-refractivity contribution is 5.27. The fourth-order valence-corrected chi connectivity index (χ4v) is 1.49. The number of hydrogen-bond acceptors (Lipinski definition) is 5. The summed E-state index contributed by atoms with van der Waals surface area (Å²) in [4.78, 5) is 0. The second-order valence-electron chi connectivity index (χ2n) is 3.70. The lowest BCUT2D eigenvalue weighted by Crippen LogP contribution is -2.08. The van der Waals surface area contributed by atoms with Gasteiger partial charge in [0.25, 0.3) is 0 Å². The third-order valence-electron chi connectivity index (χ3n) is 2.53. The van der Waals surface area contributed by atoms with E-state index in [0.717, 1.165) is 12.2 Å². The highest BCUT2D eigenvalue weighted by Crippen LogP contribution is 2.13. The zero-order valence-corrected chi connectivity index (χ0v) is 10.1. The van der Waals surface area contributed by atoms with Gasteiger partial charge in [-0.25, -0.2) is 4.68 Å². The molecular weight excluding hydrogens is 230 g/mol. The number of aryl methyl sites for hydroxylation is 1. The van der Waals surface area contributed by atoms with Crippen molar-refractivity contribution < 1.29 is 4.74 Å². The largest absolute Gasteiger partial charge is 0.486 e. The number of nitrogens with zero attached hydrogens (tertiary/aromatic N) is 5. The summed E-state index contributed by atoms with van der Waals surface area (Å²) < 4.78 is 6.98. The van der Waals surface area contributed by atoms with E-state index in [9.17, 15) is 0 Å². The van der Waals surface area contributed by atoms with E-state index < -0.39 is 0 Å². The van der Waals surface area contributed by atoms with Crippen LogP contribution in [-0.2, 0) is 19.6 Å². The molecule has 0 spiro atoms. The Kier molecular flexibility index (Phi) is 3.86. The normalized spacial score (nSPS) is 10.0. The van der Waals surface area contributed by atoms with Crippen LogP contribution in [0.2, 0.25) is 0 Å². The molecule has 0 aliphatic rings. The summed E-state index contributed by atoms with van der Waals surface area (Å²) in [6, 6.07) is 9.86. The summed E-state index contributed by atoms with van der Waals surface area (Å²) in [5, 5.41) is 19.6. The van der Waals surface area contributed by atoms with E-state index >= 15 is 0 Å². The van der Waals surface area contributed by atoms with Crippen molar-refractivity contribution in [2.24, 2.45) is 0 Å². The molecule has 0 aliphatic carbocycles. The predicted molar refractivity (Wildman–Crippen MR) is 63.6 cm³/mol. The zero-order chi connectivity index (χ0) is 12.8. The summed E-state index contributed by atoms with van der Waals surface area (Å²) in [5.41, 5.74) is 1.26. The SMILES string of the molecule is CCc1ccc(OCc2nnnn2CC#N)cc1. The highest BCUT2D eigenvalue weighted by Gasteiger charge is 2.06. The summed E-state index contributed by atoms with van der Waals surface area (Å²) >= 11 is 0. The van der Waals surface area contributed by atoms with E-state index in [2.05, 4.69) is 22.4 Å². The molecule has 18 heavy (non-hydrogen) atoms. The first kappa shape index (κ1) is 12.0. The van der Waals surface area contributed by atoms with Gasteiger partial charge in [-0.05, 0) is 34.5 Å². The summed E-state index contributed by atoms with van der Waals surface area (Å²) in [7, 11) is 0. The van der Waals surface area contributed by atoms with Crippen LogP contribution in [0.25, 0.3) is 0 Å². The molecule has 0 atom stereocenters. The minimum absolute atomic E-state index is 0.125. The van der Waals surface area contributed by atoms with Crippen LogP contribution in [0, 0.1) is 11.3 Å². The molecular formula is C12H13N5O. The molecule has 0 N–H and O–H groups in total. The van der Waals surface area contributed by atoms with E-state index in [1.165, 1.54) is 10.2 Å². The van der Waals surface area contributed by atoms with E-state index in [1.54, 1.807) is 0 Å². The first-order chi connectivity index (χ1) is 8.83. The molecule has 0 fully saturated rings. The monoisotopic (exact) mass is 243 g/mol. The van der Waals surface area contributed by atoms with Gasteiger partial charge in [-0.3, -0.25) is 0 Å². The van der Waals surface area contributed by atoms with Gasteiger partial charge in [-0.1, -0.05) is 19.1 Å². The lowest BCUT2D eigenvalue weighted by molar-refractivity contribution is 0.288. The smallest absolute Gasteiger partial charge is 0.190 e. The number of aromatic nitrogens is 4. The molecule has 0 saturated carbocycles. The highest BCUT2D eigenvalue weighted by atomic mass is 16.5. The Morgan fingerprint density at radius 2 is 2.11 bits per heavy atom. The third-order valence-corrected chi connectivity index (χ3v) is 2.53. The maximum atomic E-state index is 8.60. The fraction of sp³-hybridized carbons (Fsp3) is 0.333. The predicted octanol–water partition coefficient (Wildman–Crippen LogP) is 1.34. The summed E-state index contributed by atoms with van der Waals surface area (Å²) in [6.45, 7) is 2.48. The quantitative estimate of drug-likeness (QED) is 0.792. The molecule has 1 aromatic carbocycles. The number of rotatable bonds is 5. The number of nitriles is 1. The average Bonchev–Trinajstić information content (AvgIpc) is 2.85. The molecule has 92 valence electrons. The Hall–Kier alpha value is -2.42. The molecule has 2 rings (SSSR count). The lowest BCUT2D eigenvalue weighted by atomic mass is 10.2. The van der Waals surface area contributed by atoms with Gasteiger partial charge in [0.15, 0.2) is 5.82 Å². The third kappa shape index (κ3) is 2.83. The Balaban J connectivity index is 1.98. The van der Waals surface area contributed by atoms with E-state index in [1.807, 2.05) is 30.3 Å². The van der Waals surface area contributed by atoms with Crippen LogP contribution in [0.15, 0.2) is 24.3 Å². The van der Waals surface area contributed by atoms with Crippen LogP contribution in [-0.4, -0.2) is 20.2 Å². The topological polar surface area (TPSA) is 76.6 Å². The molecule has 1 aromatic heterocycles.